The van der Waals surface area contributed by atoms with Gasteiger partial charge in [0.15, 0.2) is 5.17 Å². The van der Waals surface area contributed by atoms with Crippen molar-refractivity contribution in [3.8, 4) is 5.00 Å². The predicted octanol–water partition coefficient (Wildman–Crippen LogP) is 7.54. The van der Waals surface area contributed by atoms with E-state index in [2.05, 4.69) is 0 Å². The molecule has 0 radical (unpaired) electrons. The quantitative estimate of drug-likeness (QED) is 0.259. The van der Waals surface area contributed by atoms with Crippen LogP contribution in [0.5, 0.6) is 0 Å². The van der Waals surface area contributed by atoms with Gasteiger partial charge in [0.25, 0.3) is 5.91 Å². The molecule has 1 aliphatic carbocycles. The van der Waals surface area contributed by atoms with Crippen LogP contribution in [0.4, 0.5) is 11.4 Å². The minimum atomic E-state index is -0.876. The lowest BCUT2D eigenvalue weighted by atomic mass is 9.95. The summed E-state index contributed by atoms with van der Waals surface area (Å²) >= 11 is 2.94. The second kappa shape index (κ2) is 10.4. The van der Waals surface area contributed by atoms with Crippen LogP contribution in [-0.2, 0) is 17.6 Å². The van der Waals surface area contributed by atoms with Crippen LogP contribution in [0.1, 0.15) is 50.6 Å². The average molecular weight is 554 g/mol. The maximum absolute atomic E-state index is 13.7. The molecule has 2 aromatic carbocycles. The second-order valence-corrected chi connectivity index (χ2v) is 11.8. The number of thioether (sulfide) groups is 1. The first-order valence-corrected chi connectivity index (χ1v) is 14.6. The second-order valence-electron chi connectivity index (χ2n) is 9.67. The number of hydrogen-bond acceptors (Lipinski definition) is 5. The number of amides is 1. The van der Waals surface area contributed by atoms with Crippen LogP contribution in [-0.4, -0.2) is 26.7 Å². The third-order valence-electron chi connectivity index (χ3n) is 7.13. The maximum Gasteiger partial charge on any atom is 0.339 e. The van der Waals surface area contributed by atoms with Crippen molar-refractivity contribution in [2.45, 2.75) is 39.5 Å². The smallest absolute Gasteiger partial charge is 0.339 e. The van der Waals surface area contributed by atoms with Crippen LogP contribution in [0.15, 0.2) is 76.6 Å². The summed E-state index contributed by atoms with van der Waals surface area (Å²) < 4.78 is 2.04. The molecule has 1 aliphatic heterocycles. The number of aromatic carboxylic acids is 1. The van der Waals surface area contributed by atoms with Crippen molar-refractivity contribution >= 4 is 57.6 Å². The van der Waals surface area contributed by atoms with Crippen molar-refractivity contribution < 1.29 is 14.7 Å². The summed E-state index contributed by atoms with van der Waals surface area (Å²) in [6.07, 6.45) is 5.77. The van der Waals surface area contributed by atoms with E-state index in [9.17, 15) is 14.7 Å². The van der Waals surface area contributed by atoms with E-state index >= 15 is 0 Å². The molecule has 39 heavy (non-hydrogen) atoms. The number of carboxylic acids is 1. The molecule has 0 atom stereocenters. The number of hydrogen-bond donors (Lipinski definition) is 1. The van der Waals surface area contributed by atoms with E-state index in [1.807, 2.05) is 91.2 Å². The Morgan fingerprint density at radius 1 is 1.00 bits per heavy atom. The number of benzene rings is 2. The zero-order valence-electron chi connectivity index (χ0n) is 21.7. The molecule has 1 N–H and O–H groups in total. The normalized spacial score (nSPS) is 17.3. The summed E-state index contributed by atoms with van der Waals surface area (Å²) in [7, 11) is 0. The number of nitrogens with zero attached hydrogens (tertiary/aromatic N) is 3. The largest absolute Gasteiger partial charge is 0.478 e. The van der Waals surface area contributed by atoms with Crippen LogP contribution in [0, 0.1) is 13.8 Å². The third-order valence-corrected chi connectivity index (χ3v) is 9.37. The molecule has 3 heterocycles. The van der Waals surface area contributed by atoms with Crippen molar-refractivity contribution in [1.82, 2.24) is 4.57 Å². The number of thiophene rings is 1. The molecule has 0 bridgehead atoms. The fourth-order valence-corrected chi connectivity index (χ4v) is 7.77. The van der Waals surface area contributed by atoms with E-state index in [-0.39, 0.29) is 5.91 Å². The average Bonchev–Trinajstić information content (AvgIpc) is 3.55. The van der Waals surface area contributed by atoms with Crippen LogP contribution in [0.3, 0.4) is 0 Å². The molecule has 6 rings (SSSR count). The number of aliphatic imine (C=N–C) groups is 1. The summed E-state index contributed by atoms with van der Waals surface area (Å²) in [6.45, 7) is 3.98. The van der Waals surface area contributed by atoms with Crippen LogP contribution < -0.4 is 4.90 Å². The van der Waals surface area contributed by atoms with Gasteiger partial charge in [-0.1, -0.05) is 36.4 Å². The topological polar surface area (TPSA) is 74.9 Å². The van der Waals surface area contributed by atoms with Gasteiger partial charge in [-0.3, -0.25) is 9.69 Å². The Balaban J connectivity index is 1.43. The summed E-state index contributed by atoms with van der Waals surface area (Å²) in [5.74, 6) is -1.01. The van der Waals surface area contributed by atoms with Gasteiger partial charge in [0.1, 0.15) is 5.00 Å². The molecule has 1 amide bonds. The standard InChI is InChI=1S/C31H27N3O3S2/c1-19-17-21(20(2)33(19)29-27(30(36)37)24-15-9-10-16-25(24)38-29)18-26-28(35)34(23-13-7-4-8-14-23)31(39-26)32-22-11-5-3-6-12-22/h3-8,11-14,17-18H,9-10,15-16H2,1-2H3,(H,36,37)/b26-18-,32-31?. The van der Waals surface area contributed by atoms with Gasteiger partial charge in [0.05, 0.1) is 21.8 Å². The highest BCUT2D eigenvalue weighted by Crippen LogP contribution is 2.41. The molecule has 0 spiro atoms. The van der Waals surface area contributed by atoms with Gasteiger partial charge in [-0.25, -0.2) is 9.79 Å². The highest BCUT2D eigenvalue weighted by atomic mass is 32.2. The van der Waals surface area contributed by atoms with E-state index in [1.165, 1.54) is 16.6 Å². The lowest BCUT2D eigenvalue weighted by Gasteiger charge is -2.15. The molecule has 0 unspecified atom stereocenters. The number of amidine groups is 1. The highest BCUT2D eigenvalue weighted by Gasteiger charge is 2.35. The number of carbonyl (C=O) groups is 2. The monoisotopic (exact) mass is 553 g/mol. The van der Waals surface area contributed by atoms with E-state index < -0.39 is 5.97 Å². The van der Waals surface area contributed by atoms with Crippen molar-refractivity contribution in [3.63, 3.8) is 0 Å². The number of fused-ring (bicyclic) bond motifs is 1. The first-order valence-electron chi connectivity index (χ1n) is 12.9. The minimum absolute atomic E-state index is 0.136. The molecule has 2 aliphatic rings. The first-order chi connectivity index (χ1) is 18.9. The van der Waals surface area contributed by atoms with Gasteiger partial charge in [-0.2, -0.15) is 0 Å². The molecular formula is C31H27N3O3S2. The Morgan fingerprint density at radius 2 is 1.69 bits per heavy atom. The lowest BCUT2D eigenvalue weighted by molar-refractivity contribution is -0.113. The fourth-order valence-electron chi connectivity index (χ4n) is 5.28. The molecule has 4 aromatic rings. The molecular weight excluding hydrogens is 526 g/mol. The maximum atomic E-state index is 13.7. The van der Waals surface area contributed by atoms with Gasteiger partial charge < -0.3 is 9.67 Å². The SMILES string of the molecule is Cc1cc(/C=C2\SC(=Nc3ccccc3)N(c3ccccc3)C2=O)c(C)n1-c1sc2c(c1C(=O)O)CCCC2. The van der Waals surface area contributed by atoms with Crippen LogP contribution in [0.25, 0.3) is 11.1 Å². The van der Waals surface area contributed by atoms with Crippen molar-refractivity contribution in [3.05, 3.63) is 105 Å². The molecule has 2 aromatic heterocycles. The Kier molecular flexibility index (Phi) is 6.74. The summed E-state index contributed by atoms with van der Waals surface area (Å²) in [5, 5.41) is 11.5. The summed E-state index contributed by atoms with van der Waals surface area (Å²) in [5.41, 5.74) is 5.69. The Hall–Kier alpha value is -3.88. The van der Waals surface area contributed by atoms with Crippen molar-refractivity contribution in [2.75, 3.05) is 4.90 Å². The lowest BCUT2D eigenvalue weighted by Crippen LogP contribution is -2.28. The van der Waals surface area contributed by atoms with E-state index in [1.54, 1.807) is 16.2 Å². The number of rotatable bonds is 5. The van der Waals surface area contributed by atoms with Crippen molar-refractivity contribution in [1.29, 1.82) is 0 Å². The van der Waals surface area contributed by atoms with Crippen LogP contribution >= 0.6 is 23.1 Å². The van der Waals surface area contributed by atoms with Gasteiger partial charge in [-0.05, 0) is 98.8 Å². The first kappa shape index (κ1) is 25.4. The Morgan fingerprint density at radius 3 is 2.41 bits per heavy atom. The number of para-hydroxylation sites is 2. The Bertz CT molecular complexity index is 1650. The summed E-state index contributed by atoms with van der Waals surface area (Å²) in [4.78, 5) is 34.3. The summed E-state index contributed by atoms with van der Waals surface area (Å²) in [6, 6.07) is 21.2. The van der Waals surface area contributed by atoms with Crippen molar-refractivity contribution in [2.24, 2.45) is 4.99 Å². The van der Waals surface area contributed by atoms with E-state index in [0.717, 1.165) is 64.6 Å². The van der Waals surface area contributed by atoms with Gasteiger partial charge >= 0.3 is 5.97 Å². The fraction of sp³-hybridized carbons (Fsp3) is 0.194. The zero-order chi connectivity index (χ0) is 27.1. The predicted molar refractivity (Wildman–Crippen MR) is 160 cm³/mol. The minimum Gasteiger partial charge on any atom is -0.478 e. The zero-order valence-corrected chi connectivity index (χ0v) is 23.3. The van der Waals surface area contributed by atoms with Gasteiger partial charge in [0.2, 0.25) is 0 Å². The van der Waals surface area contributed by atoms with E-state index in [0.29, 0.717) is 15.6 Å². The molecule has 8 heteroatoms. The van der Waals surface area contributed by atoms with Gasteiger partial charge in [-0.15, -0.1) is 11.3 Å². The van der Waals surface area contributed by atoms with Crippen LogP contribution in [0.2, 0.25) is 0 Å². The number of carboxylic acid groups (broad SMARTS) is 1. The highest BCUT2D eigenvalue weighted by molar-refractivity contribution is 8.19. The van der Waals surface area contributed by atoms with E-state index in [4.69, 9.17) is 4.99 Å². The molecule has 0 saturated carbocycles. The third kappa shape index (κ3) is 4.64. The number of aryl methyl sites for hydroxylation is 2. The number of carbonyl (C=O) groups excluding carboxylic acids is 1. The molecule has 6 nitrogen and oxygen atoms in total. The number of aromatic nitrogens is 1. The Labute approximate surface area is 235 Å². The van der Waals surface area contributed by atoms with Gasteiger partial charge in [0, 0.05) is 16.3 Å². The molecule has 1 fully saturated rings. The molecule has 196 valence electrons. The number of anilines is 1. The molecule has 1 saturated heterocycles.